The summed E-state index contributed by atoms with van der Waals surface area (Å²) in [6.07, 6.45) is 5.09. The Labute approximate surface area is 124 Å². The van der Waals surface area contributed by atoms with Crippen LogP contribution in [0.15, 0.2) is 0 Å². The number of unbranched alkanes of at least 4 members (excludes halogenated alkanes) is 3. The van der Waals surface area contributed by atoms with E-state index in [-0.39, 0.29) is 18.2 Å². The lowest BCUT2D eigenvalue weighted by atomic mass is 9.97. The Morgan fingerprint density at radius 2 is 1.90 bits per heavy atom. The highest BCUT2D eigenvalue weighted by Crippen LogP contribution is 2.16. The number of aliphatic carboxylic acids is 1. The molecule has 3 amide bonds. The molecule has 120 valence electrons. The number of nitrogens with one attached hydrogen (secondary N) is 1. The highest BCUT2D eigenvalue weighted by Gasteiger charge is 2.26. The normalized spacial score (nSPS) is 18.3. The molecule has 1 fully saturated rings. The van der Waals surface area contributed by atoms with Gasteiger partial charge in [0.2, 0.25) is 5.91 Å². The summed E-state index contributed by atoms with van der Waals surface area (Å²) >= 11 is 0. The second-order valence-electron chi connectivity index (χ2n) is 5.47. The zero-order valence-electron chi connectivity index (χ0n) is 12.3. The van der Waals surface area contributed by atoms with Gasteiger partial charge >= 0.3 is 12.0 Å². The predicted molar refractivity (Wildman–Crippen MR) is 77.6 cm³/mol. The van der Waals surface area contributed by atoms with Crippen molar-refractivity contribution in [2.45, 2.75) is 44.9 Å². The Morgan fingerprint density at radius 1 is 1.19 bits per heavy atom. The Balaban J connectivity index is 2.10. The van der Waals surface area contributed by atoms with Gasteiger partial charge in [0.15, 0.2) is 0 Å². The molecule has 1 saturated heterocycles. The van der Waals surface area contributed by atoms with Crippen LogP contribution in [0.2, 0.25) is 0 Å². The molecule has 0 spiro atoms. The average Bonchev–Trinajstić information content (AvgIpc) is 2.45. The largest absolute Gasteiger partial charge is 0.481 e. The summed E-state index contributed by atoms with van der Waals surface area (Å²) in [5.74, 6) is -0.954. The van der Waals surface area contributed by atoms with Crippen molar-refractivity contribution in [1.82, 2.24) is 10.2 Å². The lowest BCUT2D eigenvalue weighted by Crippen LogP contribution is -2.47. The van der Waals surface area contributed by atoms with Crippen LogP contribution in [0.3, 0.4) is 0 Å². The molecule has 1 aliphatic rings. The van der Waals surface area contributed by atoms with E-state index >= 15 is 0 Å². The van der Waals surface area contributed by atoms with Gasteiger partial charge in [0.25, 0.3) is 0 Å². The van der Waals surface area contributed by atoms with Crippen molar-refractivity contribution in [3.05, 3.63) is 0 Å². The molecule has 0 radical (unpaired) electrons. The molecule has 1 rings (SSSR count). The molecule has 1 heterocycles. The number of likely N-dealkylation sites (tertiary alicyclic amines) is 1. The van der Waals surface area contributed by atoms with Gasteiger partial charge in [0.05, 0.1) is 5.92 Å². The van der Waals surface area contributed by atoms with Gasteiger partial charge in [-0.25, -0.2) is 4.79 Å². The van der Waals surface area contributed by atoms with E-state index in [1.165, 1.54) is 4.90 Å². The molecule has 0 aromatic rings. The van der Waals surface area contributed by atoms with Crippen LogP contribution in [0, 0.1) is 5.92 Å². The van der Waals surface area contributed by atoms with Gasteiger partial charge in [-0.15, -0.1) is 0 Å². The van der Waals surface area contributed by atoms with E-state index in [0.717, 1.165) is 32.1 Å². The van der Waals surface area contributed by atoms with Crippen LogP contribution in [-0.2, 0) is 9.59 Å². The number of carbonyl (C=O) groups is 3. The monoisotopic (exact) mass is 299 g/mol. The molecule has 0 bridgehead atoms. The third-order valence-corrected chi connectivity index (χ3v) is 3.72. The van der Waals surface area contributed by atoms with Crippen molar-refractivity contribution in [2.24, 2.45) is 11.7 Å². The van der Waals surface area contributed by atoms with Crippen LogP contribution >= 0.6 is 0 Å². The highest BCUT2D eigenvalue weighted by atomic mass is 16.4. The number of rotatable bonds is 8. The molecule has 0 aromatic heterocycles. The maximum absolute atomic E-state index is 12.0. The molecule has 4 N–H and O–H groups in total. The van der Waals surface area contributed by atoms with Gasteiger partial charge in [0.1, 0.15) is 0 Å². The summed E-state index contributed by atoms with van der Waals surface area (Å²) in [5.41, 5.74) is 5.23. The fourth-order valence-corrected chi connectivity index (χ4v) is 2.50. The minimum Gasteiger partial charge on any atom is -0.481 e. The summed E-state index contributed by atoms with van der Waals surface area (Å²) in [6.45, 7) is 1.63. The molecular weight excluding hydrogens is 274 g/mol. The average molecular weight is 299 g/mol. The lowest BCUT2D eigenvalue weighted by molar-refractivity contribution is -0.137. The molecule has 7 heteroatoms. The SMILES string of the molecule is NC(=O)N1CCCC(C(=O)NCCCCCCC(=O)O)C1. The Hall–Kier alpha value is -1.79. The van der Waals surface area contributed by atoms with E-state index in [4.69, 9.17) is 10.8 Å². The van der Waals surface area contributed by atoms with E-state index in [9.17, 15) is 14.4 Å². The molecule has 0 aliphatic carbocycles. The number of primary amides is 1. The predicted octanol–water partition coefficient (Wildman–Crippen LogP) is 0.928. The molecule has 0 saturated carbocycles. The number of nitrogens with two attached hydrogens (primary N) is 1. The zero-order chi connectivity index (χ0) is 15.7. The van der Waals surface area contributed by atoms with E-state index < -0.39 is 12.0 Å². The number of carboxylic acids is 1. The Bertz CT molecular complexity index is 373. The fraction of sp³-hybridized carbons (Fsp3) is 0.786. The standard InChI is InChI=1S/C14H25N3O4/c15-14(21)17-9-5-6-11(10-17)13(20)16-8-4-2-1-3-7-12(18)19/h11H,1-10H2,(H2,15,21)(H,16,20)(H,18,19). The van der Waals surface area contributed by atoms with Crippen LogP contribution in [0.4, 0.5) is 4.79 Å². The molecular formula is C14H25N3O4. The first-order valence-corrected chi connectivity index (χ1v) is 7.54. The number of carboxylic acid groups (broad SMARTS) is 1. The van der Waals surface area contributed by atoms with Crippen molar-refractivity contribution in [3.8, 4) is 0 Å². The second-order valence-corrected chi connectivity index (χ2v) is 5.47. The van der Waals surface area contributed by atoms with Crippen molar-refractivity contribution in [1.29, 1.82) is 0 Å². The summed E-state index contributed by atoms with van der Waals surface area (Å²) < 4.78 is 0. The van der Waals surface area contributed by atoms with Gasteiger partial charge in [-0.2, -0.15) is 0 Å². The maximum Gasteiger partial charge on any atom is 0.314 e. The Morgan fingerprint density at radius 3 is 2.57 bits per heavy atom. The molecule has 21 heavy (non-hydrogen) atoms. The van der Waals surface area contributed by atoms with E-state index in [1.807, 2.05) is 0 Å². The van der Waals surface area contributed by atoms with E-state index in [1.54, 1.807) is 0 Å². The van der Waals surface area contributed by atoms with Crippen LogP contribution in [0.25, 0.3) is 0 Å². The van der Waals surface area contributed by atoms with Gasteiger partial charge in [-0.3, -0.25) is 9.59 Å². The fourth-order valence-electron chi connectivity index (χ4n) is 2.50. The van der Waals surface area contributed by atoms with Crippen LogP contribution < -0.4 is 11.1 Å². The highest BCUT2D eigenvalue weighted by molar-refractivity contribution is 5.80. The van der Waals surface area contributed by atoms with Gasteiger partial charge < -0.3 is 21.1 Å². The number of hydrogen-bond acceptors (Lipinski definition) is 3. The van der Waals surface area contributed by atoms with E-state index in [0.29, 0.717) is 26.1 Å². The summed E-state index contributed by atoms with van der Waals surface area (Å²) in [4.78, 5) is 34.9. The van der Waals surface area contributed by atoms with Crippen molar-refractivity contribution in [2.75, 3.05) is 19.6 Å². The number of piperidine rings is 1. The first-order chi connectivity index (χ1) is 10.0. The van der Waals surface area contributed by atoms with Crippen molar-refractivity contribution < 1.29 is 19.5 Å². The number of urea groups is 1. The smallest absolute Gasteiger partial charge is 0.314 e. The number of nitrogens with zero attached hydrogens (tertiary/aromatic N) is 1. The van der Waals surface area contributed by atoms with E-state index in [2.05, 4.69) is 5.32 Å². The first kappa shape index (κ1) is 17.3. The second kappa shape index (κ2) is 9.20. The summed E-state index contributed by atoms with van der Waals surface area (Å²) in [7, 11) is 0. The maximum atomic E-state index is 12.0. The lowest BCUT2D eigenvalue weighted by Gasteiger charge is -2.30. The minimum atomic E-state index is -0.764. The number of carbonyl (C=O) groups excluding carboxylic acids is 2. The van der Waals surface area contributed by atoms with Gasteiger partial charge in [-0.05, 0) is 25.7 Å². The molecule has 1 unspecified atom stereocenters. The zero-order valence-corrected chi connectivity index (χ0v) is 12.3. The topological polar surface area (TPSA) is 113 Å². The molecule has 1 aliphatic heterocycles. The number of amides is 3. The summed E-state index contributed by atoms with van der Waals surface area (Å²) in [5, 5.41) is 11.4. The third-order valence-electron chi connectivity index (χ3n) is 3.72. The molecule has 7 nitrogen and oxygen atoms in total. The third kappa shape index (κ3) is 6.97. The van der Waals surface area contributed by atoms with Crippen molar-refractivity contribution >= 4 is 17.9 Å². The minimum absolute atomic E-state index is 0.0218. The first-order valence-electron chi connectivity index (χ1n) is 7.54. The Kier molecular flexibility index (Phi) is 7.56. The quantitative estimate of drug-likeness (QED) is 0.578. The van der Waals surface area contributed by atoms with Crippen LogP contribution in [-0.4, -0.2) is 47.5 Å². The number of hydrogen-bond donors (Lipinski definition) is 3. The van der Waals surface area contributed by atoms with Gasteiger partial charge in [-0.1, -0.05) is 12.8 Å². The van der Waals surface area contributed by atoms with Crippen LogP contribution in [0.1, 0.15) is 44.9 Å². The van der Waals surface area contributed by atoms with Crippen molar-refractivity contribution in [3.63, 3.8) is 0 Å². The molecule has 1 atom stereocenters. The summed E-state index contributed by atoms with van der Waals surface area (Å²) in [6, 6.07) is -0.467. The molecule has 0 aromatic carbocycles. The van der Waals surface area contributed by atoms with Gasteiger partial charge in [0, 0.05) is 26.1 Å². The van der Waals surface area contributed by atoms with Crippen LogP contribution in [0.5, 0.6) is 0 Å².